The number of carbonyl (C=O) groups is 2. The maximum absolute atomic E-state index is 11.9. The molecule has 1 aromatic carbocycles. The van der Waals surface area contributed by atoms with Crippen molar-refractivity contribution in [2.75, 3.05) is 21.3 Å². The molecule has 0 spiro atoms. The van der Waals surface area contributed by atoms with Gasteiger partial charge in [0.05, 0.1) is 21.3 Å². The van der Waals surface area contributed by atoms with Crippen LogP contribution in [0.2, 0.25) is 0 Å². The Morgan fingerprint density at radius 2 is 1.48 bits per heavy atom. The quantitative estimate of drug-likeness (QED) is 0.757. The predicted octanol–water partition coefficient (Wildman–Crippen LogP) is 1.39. The highest BCUT2D eigenvalue weighted by Gasteiger charge is 2.54. The molecule has 0 N–H and O–H groups in total. The number of rotatable bonds is 5. The van der Waals surface area contributed by atoms with Gasteiger partial charge in [-0.2, -0.15) is 0 Å². The lowest BCUT2D eigenvalue weighted by Crippen LogP contribution is -2.38. The van der Waals surface area contributed by atoms with E-state index in [0.717, 1.165) is 0 Å². The summed E-state index contributed by atoms with van der Waals surface area (Å²) >= 11 is 0. The molecule has 2 rings (SSSR count). The first-order chi connectivity index (χ1) is 11.0. The SMILES string of the molecule is CCC1(c2ccc(OC)cc2)O[C@@H](C(=O)OC)[C@H](C(=O)OC)O1. The van der Waals surface area contributed by atoms with Crippen molar-refractivity contribution in [2.24, 2.45) is 0 Å². The van der Waals surface area contributed by atoms with Gasteiger partial charge in [0.1, 0.15) is 5.75 Å². The fourth-order valence-electron chi connectivity index (χ4n) is 2.49. The van der Waals surface area contributed by atoms with Crippen LogP contribution in [-0.4, -0.2) is 45.5 Å². The first-order valence-corrected chi connectivity index (χ1v) is 7.17. The van der Waals surface area contributed by atoms with E-state index in [-0.39, 0.29) is 0 Å². The van der Waals surface area contributed by atoms with Gasteiger partial charge >= 0.3 is 11.9 Å². The summed E-state index contributed by atoms with van der Waals surface area (Å²) in [6.07, 6.45) is -1.98. The molecule has 23 heavy (non-hydrogen) atoms. The summed E-state index contributed by atoms with van der Waals surface area (Å²) in [5.74, 6) is -1.94. The number of methoxy groups -OCH3 is 3. The van der Waals surface area contributed by atoms with Crippen molar-refractivity contribution >= 4 is 11.9 Å². The number of hydrogen-bond donors (Lipinski definition) is 0. The van der Waals surface area contributed by atoms with Gasteiger partial charge in [-0.25, -0.2) is 9.59 Å². The lowest BCUT2D eigenvalue weighted by Gasteiger charge is -2.27. The van der Waals surface area contributed by atoms with E-state index >= 15 is 0 Å². The topological polar surface area (TPSA) is 80.3 Å². The molecular weight excluding hydrogens is 304 g/mol. The molecule has 126 valence electrons. The Kier molecular flexibility index (Phi) is 5.23. The Hall–Kier alpha value is -2.12. The van der Waals surface area contributed by atoms with Crippen LogP contribution in [0.5, 0.6) is 5.75 Å². The zero-order chi connectivity index (χ0) is 17.0. The molecule has 0 aromatic heterocycles. The lowest BCUT2D eigenvalue weighted by atomic mass is 10.0. The third-order valence-electron chi connectivity index (χ3n) is 3.77. The minimum absolute atomic E-state index is 0.389. The first-order valence-electron chi connectivity index (χ1n) is 7.17. The van der Waals surface area contributed by atoms with E-state index in [1.807, 2.05) is 6.92 Å². The van der Waals surface area contributed by atoms with Crippen LogP contribution < -0.4 is 4.74 Å². The molecule has 0 unspecified atom stereocenters. The number of ether oxygens (including phenoxy) is 5. The predicted molar refractivity (Wildman–Crippen MR) is 78.7 cm³/mol. The van der Waals surface area contributed by atoms with Crippen molar-refractivity contribution in [3.63, 3.8) is 0 Å². The minimum Gasteiger partial charge on any atom is -0.497 e. The Bertz CT molecular complexity index is 542. The summed E-state index contributed by atoms with van der Waals surface area (Å²) in [5.41, 5.74) is 0.668. The summed E-state index contributed by atoms with van der Waals surface area (Å²) in [7, 11) is 4.01. The van der Waals surface area contributed by atoms with Gasteiger partial charge in [0, 0.05) is 12.0 Å². The summed E-state index contributed by atoms with van der Waals surface area (Å²) in [5, 5.41) is 0. The summed E-state index contributed by atoms with van der Waals surface area (Å²) < 4.78 is 26.1. The highest BCUT2D eigenvalue weighted by atomic mass is 16.8. The van der Waals surface area contributed by atoms with E-state index in [9.17, 15) is 9.59 Å². The average molecular weight is 324 g/mol. The Morgan fingerprint density at radius 1 is 1.00 bits per heavy atom. The number of carbonyl (C=O) groups excluding carboxylic acids is 2. The molecule has 0 bridgehead atoms. The normalized spacial score (nSPS) is 22.4. The van der Waals surface area contributed by atoms with Crippen molar-refractivity contribution in [1.29, 1.82) is 0 Å². The average Bonchev–Trinajstić information content (AvgIpc) is 3.01. The number of esters is 2. The van der Waals surface area contributed by atoms with Crippen molar-refractivity contribution < 1.29 is 33.3 Å². The molecule has 0 amide bonds. The van der Waals surface area contributed by atoms with Crippen LogP contribution in [0.25, 0.3) is 0 Å². The van der Waals surface area contributed by atoms with Crippen LogP contribution in [-0.2, 0) is 34.3 Å². The molecule has 2 atom stereocenters. The van der Waals surface area contributed by atoms with Crippen LogP contribution >= 0.6 is 0 Å². The van der Waals surface area contributed by atoms with Crippen molar-refractivity contribution in [1.82, 2.24) is 0 Å². The molecule has 7 heteroatoms. The van der Waals surface area contributed by atoms with Crippen molar-refractivity contribution in [3.8, 4) is 5.75 Å². The van der Waals surface area contributed by atoms with Gasteiger partial charge in [-0.1, -0.05) is 6.92 Å². The molecule has 0 radical (unpaired) electrons. The van der Waals surface area contributed by atoms with E-state index in [1.54, 1.807) is 31.4 Å². The van der Waals surface area contributed by atoms with Gasteiger partial charge in [-0.3, -0.25) is 0 Å². The van der Waals surface area contributed by atoms with E-state index in [2.05, 4.69) is 0 Å². The van der Waals surface area contributed by atoms with Crippen LogP contribution in [0.3, 0.4) is 0 Å². The molecule has 1 aromatic rings. The monoisotopic (exact) mass is 324 g/mol. The van der Waals surface area contributed by atoms with Gasteiger partial charge in [0.2, 0.25) is 0 Å². The summed E-state index contributed by atoms with van der Waals surface area (Å²) in [6.45, 7) is 1.83. The van der Waals surface area contributed by atoms with Gasteiger partial charge in [-0.15, -0.1) is 0 Å². The zero-order valence-corrected chi connectivity index (χ0v) is 13.5. The number of benzene rings is 1. The Balaban J connectivity index is 2.37. The second-order valence-electron chi connectivity index (χ2n) is 4.96. The van der Waals surface area contributed by atoms with Crippen LogP contribution in [0.1, 0.15) is 18.9 Å². The molecular formula is C16H20O7. The molecule has 0 saturated carbocycles. The minimum atomic E-state index is -1.23. The third-order valence-corrected chi connectivity index (χ3v) is 3.77. The second-order valence-corrected chi connectivity index (χ2v) is 4.96. The van der Waals surface area contributed by atoms with E-state index in [1.165, 1.54) is 14.2 Å². The molecule has 1 aliphatic heterocycles. The molecule has 7 nitrogen and oxygen atoms in total. The van der Waals surface area contributed by atoms with E-state index in [0.29, 0.717) is 17.7 Å². The Morgan fingerprint density at radius 3 is 1.83 bits per heavy atom. The lowest BCUT2D eigenvalue weighted by molar-refractivity contribution is -0.196. The Labute approximate surface area is 134 Å². The van der Waals surface area contributed by atoms with Gasteiger partial charge < -0.3 is 23.7 Å². The smallest absolute Gasteiger partial charge is 0.338 e. The van der Waals surface area contributed by atoms with Gasteiger partial charge in [-0.05, 0) is 24.3 Å². The maximum atomic E-state index is 11.9. The highest BCUT2D eigenvalue weighted by Crippen LogP contribution is 2.41. The summed E-state index contributed by atoms with van der Waals surface area (Å²) in [6, 6.07) is 7.02. The third kappa shape index (κ3) is 3.16. The van der Waals surface area contributed by atoms with E-state index in [4.69, 9.17) is 23.7 Å². The standard InChI is InChI=1S/C16H20O7/c1-5-16(10-6-8-11(19-2)9-7-10)22-12(14(17)20-3)13(23-16)15(18)21-4/h6-9,12-13H,5H2,1-4H3/t12-,13-/m1/s1. The zero-order valence-electron chi connectivity index (χ0n) is 13.5. The second kappa shape index (κ2) is 6.97. The molecule has 1 saturated heterocycles. The number of hydrogen-bond acceptors (Lipinski definition) is 7. The maximum Gasteiger partial charge on any atom is 0.338 e. The van der Waals surface area contributed by atoms with Gasteiger partial charge in [0.15, 0.2) is 18.0 Å². The largest absolute Gasteiger partial charge is 0.497 e. The molecule has 1 fully saturated rings. The van der Waals surface area contributed by atoms with Crippen molar-refractivity contribution in [3.05, 3.63) is 29.8 Å². The fourth-order valence-corrected chi connectivity index (χ4v) is 2.49. The molecule has 1 aliphatic rings. The van der Waals surface area contributed by atoms with Gasteiger partial charge in [0.25, 0.3) is 0 Å². The summed E-state index contributed by atoms with van der Waals surface area (Å²) in [4.78, 5) is 23.9. The van der Waals surface area contributed by atoms with Crippen LogP contribution in [0, 0.1) is 0 Å². The van der Waals surface area contributed by atoms with Crippen LogP contribution in [0.15, 0.2) is 24.3 Å². The first kappa shape index (κ1) is 17.2. The molecule has 1 heterocycles. The van der Waals surface area contributed by atoms with Crippen LogP contribution in [0.4, 0.5) is 0 Å². The van der Waals surface area contributed by atoms with E-state index < -0.39 is 29.9 Å². The van der Waals surface area contributed by atoms with Crippen molar-refractivity contribution in [2.45, 2.75) is 31.3 Å². The fraction of sp³-hybridized carbons (Fsp3) is 0.500. The molecule has 0 aliphatic carbocycles. The highest BCUT2D eigenvalue weighted by molar-refractivity contribution is 5.86.